The van der Waals surface area contributed by atoms with Crippen LogP contribution in [0.1, 0.15) is 15.9 Å². The molecule has 0 heterocycles. The van der Waals surface area contributed by atoms with Crippen molar-refractivity contribution in [2.45, 2.75) is 0 Å². The zero-order valence-electron chi connectivity index (χ0n) is 6.08. The van der Waals surface area contributed by atoms with Crippen molar-refractivity contribution in [2.75, 3.05) is 5.73 Å². The van der Waals surface area contributed by atoms with Crippen LogP contribution in [0.5, 0.6) is 0 Å². The minimum absolute atomic E-state index is 0.620. The number of nitrogen functional groups attached to an aromatic ring is 1. The number of benzene rings is 1. The number of anilines is 1. The van der Waals surface area contributed by atoms with Crippen LogP contribution in [0.3, 0.4) is 0 Å². The number of rotatable bonds is 2. The van der Waals surface area contributed by atoms with Crippen LogP contribution in [0, 0.1) is 0 Å². The molecule has 0 aliphatic carbocycles. The van der Waals surface area contributed by atoms with E-state index < -0.39 is 0 Å². The van der Waals surface area contributed by atoms with E-state index in [9.17, 15) is 4.79 Å². The van der Waals surface area contributed by atoms with E-state index >= 15 is 0 Å². The minimum Gasteiger partial charge on any atom is -0.398 e. The van der Waals surface area contributed by atoms with Crippen molar-refractivity contribution in [3.63, 3.8) is 0 Å². The van der Waals surface area contributed by atoms with E-state index in [-0.39, 0.29) is 0 Å². The Kier molecular flexibility index (Phi) is 2.06. The van der Waals surface area contributed by atoms with Crippen LogP contribution < -0.4 is 5.73 Å². The van der Waals surface area contributed by atoms with Crippen molar-refractivity contribution in [1.29, 1.82) is 0 Å². The molecule has 11 heavy (non-hydrogen) atoms. The monoisotopic (exact) mass is 147 g/mol. The zero-order chi connectivity index (χ0) is 8.27. The van der Waals surface area contributed by atoms with E-state index in [4.69, 9.17) is 5.73 Å². The van der Waals surface area contributed by atoms with Gasteiger partial charge in [0.15, 0.2) is 0 Å². The fourth-order valence-corrected chi connectivity index (χ4v) is 0.843. The van der Waals surface area contributed by atoms with Crippen LogP contribution in [0.2, 0.25) is 0 Å². The number of hydrogen-bond donors (Lipinski definition) is 1. The maximum absolute atomic E-state index is 10.3. The highest BCUT2D eigenvalue weighted by Crippen LogP contribution is 2.13. The first-order valence-electron chi connectivity index (χ1n) is 3.25. The summed E-state index contributed by atoms with van der Waals surface area (Å²) in [5.74, 6) is 0. The van der Waals surface area contributed by atoms with Gasteiger partial charge in [-0.2, -0.15) is 0 Å². The lowest BCUT2D eigenvalue weighted by molar-refractivity contribution is 0.112. The summed E-state index contributed by atoms with van der Waals surface area (Å²) in [4.78, 5) is 10.3. The van der Waals surface area contributed by atoms with Gasteiger partial charge in [-0.15, -0.1) is 0 Å². The highest BCUT2D eigenvalue weighted by Gasteiger charge is 1.95. The standard InChI is InChI=1S/C9H9NO/c1-2-8-5-7(6-11)3-4-9(8)10/h2-6H,1,10H2. The Bertz CT molecular complexity index is 292. The third-order valence-electron chi connectivity index (χ3n) is 1.47. The Balaban J connectivity index is 3.22. The lowest BCUT2D eigenvalue weighted by Gasteiger charge is -1.99. The van der Waals surface area contributed by atoms with Gasteiger partial charge in [-0.05, 0) is 23.8 Å². The Morgan fingerprint density at radius 1 is 1.45 bits per heavy atom. The van der Waals surface area contributed by atoms with Crippen LogP contribution in [0.15, 0.2) is 24.8 Å². The topological polar surface area (TPSA) is 43.1 Å². The molecular weight excluding hydrogens is 138 g/mol. The number of carbonyl (C=O) groups excluding carboxylic acids is 1. The normalized spacial score (nSPS) is 9.09. The van der Waals surface area contributed by atoms with Crippen molar-refractivity contribution < 1.29 is 4.79 Å². The molecule has 0 saturated carbocycles. The highest BCUT2D eigenvalue weighted by atomic mass is 16.1. The fraction of sp³-hybridized carbons (Fsp3) is 0. The van der Waals surface area contributed by atoms with Gasteiger partial charge in [-0.1, -0.05) is 12.7 Å². The van der Waals surface area contributed by atoms with Crippen LogP contribution in [-0.2, 0) is 0 Å². The molecule has 0 bridgehead atoms. The van der Waals surface area contributed by atoms with Gasteiger partial charge in [-0.3, -0.25) is 4.79 Å². The molecule has 1 rings (SSSR count). The quantitative estimate of drug-likeness (QED) is 0.511. The van der Waals surface area contributed by atoms with Gasteiger partial charge in [0.25, 0.3) is 0 Å². The predicted octanol–water partition coefficient (Wildman–Crippen LogP) is 1.72. The molecule has 0 saturated heterocycles. The zero-order valence-corrected chi connectivity index (χ0v) is 6.08. The molecule has 0 aliphatic heterocycles. The van der Waals surface area contributed by atoms with Gasteiger partial charge in [-0.25, -0.2) is 0 Å². The second kappa shape index (κ2) is 3.01. The number of hydrogen-bond acceptors (Lipinski definition) is 2. The van der Waals surface area contributed by atoms with Crippen molar-refractivity contribution in [1.82, 2.24) is 0 Å². The maximum atomic E-state index is 10.3. The Morgan fingerprint density at radius 2 is 2.18 bits per heavy atom. The third-order valence-corrected chi connectivity index (χ3v) is 1.47. The molecule has 0 fully saturated rings. The molecule has 2 nitrogen and oxygen atoms in total. The van der Waals surface area contributed by atoms with Crippen molar-refractivity contribution in [2.24, 2.45) is 0 Å². The molecule has 0 spiro atoms. The van der Waals surface area contributed by atoms with E-state index in [1.165, 1.54) is 0 Å². The summed E-state index contributed by atoms with van der Waals surface area (Å²) in [7, 11) is 0. The van der Waals surface area contributed by atoms with Crippen LogP contribution in [-0.4, -0.2) is 6.29 Å². The smallest absolute Gasteiger partial charge is 0.150 e. The van der Waals surface area contributed by atoms with E-state index in [1.54, 1.807) is 24.3 Å². The summed E-state index contributed by atoms with van der Waals surface area (Å²) in [6, 6.07) is 5.07. The Labute approximate surface area is 65.3 Å². The molecule has 0 aromatic heterocycles. The van der Waals surface area contributed by atoms with Gasteiger partial charge in [0.1, 0.15) is 6.29 Å². The van der Waals surface area contributed by atoms with Crippen molar-refractivity contribution >= 4 is 18.0 Å². The van der Waals surface area contributed by atoms with E-state index in [1.807, 2.05) is 0 Å². The van der Waals surface area contributed by atoms with Crippen molar-refractivity contribution in [3.05, 3.63) is 35.9 Å². The van der Waals surface area contributed by atoms with Crippen molar-refractivity contribution in [3.8, 4) is 0 Å². The predicted molar refractivity (Wildman–Crippen MR) is 46.3 cm³/mol. The second-order valence-electron chi connectivity index (χ2n) is 2.21. The summed E-state index contributed by atoms with van der Waals surface area (Å²) < 4.78 is 0. The molecule has 0 radical (unpaired) electrons. The molecule has 2 heteroatoms. The number of carbonyl (C=O) groups is 1. The SMILES string of the molecule is C=Cc1cc(C=O)ccc1N. The molecule has 1 aromatic rings. The largest absolute Gasteiger partial charge is 0.398 e. The van der Waals surface area contributed by atoms with Crippen LogP contribution in [0.4, 0.5) is 5.69 Å². The van der Waals surface area contributed by atoms with Gasteiger partial charge in [0.05, 0.1) is 0 Å². The molecule has 0 atom stereocenters. The molecular formula is C9H9NO. The number of nitrogens with two attached hydrogens (primary N) is 1. The molecule has 2 N–H and O–H groups in total. The fourth-order valence-electron chi connectivity index (χ4n) is 0.843. The minimum atomic E-state index is 0.620. The molecule has 0 amide bonds. The van der Waals surface area contributed by atoms with Crippen LogP contribution >= 0.6 is 0 Å². The first-order chi connectivity index (χ1) is 5.27. The molecule has 1 aromatic carbocycles. The lowest BCUT2D eigenvalue weighted by atomic mass is 10.1. The van der Waals surface area contributed by atoms with E-state index in [2.05, 4.69) is 6.58 Å². The molecule has 0 unspecified atom stereocenters. The highest BCUT2D eigenvalue weighted by molar-refractivity contribution is 5.79. The average molecular weight is 147 g/mol. The summed E-state index contributed by atoms with van der Waals surface area (Å²) in [6.07, 6.45) is 2.41. The van der Waals surface area contributed by atoms with E-state index in [0.29, 0.717) is 11.3 Å². The Hall–Kier alpha value is -1.57. The van der Waals surface area contributed by atoms with Gasteiger partial charge in [0, 0.05) is 11.3 Å². The molecule has 0 aliphatic rings. The van der Waals surface area contributed by atoms with Gasteiger partial charge in [0.2, 0.25) is 0 Å². The summed E-state index contributed by atoms with van der Waals surface area (Å²) in [5, 5.41) is 0. The molecule has 56 valence electrons. The third kappa shape index (κ3) is 1.46. The van der Waals surface area contributed by atoms with Gasteiger partial charge < -0.3 is 5.73 Å². The van der Waals surface area contributed by atoms with E-state index in [0.717, 1.165) is 11.8 Å². The first kappa shape index (κ1) is 7.54. The lowest BCUT2D eigenvalue weighted by Crippen LogP contribution is -1.90. The second-order valence-corrected chi connectivity index (χ2v) is 2.21. The average Bonchev–Trinajstić information content (AvgIpc) is 2.05. The van der Waals surface area contributed by atoms with Crippen LogP contribution in [0.25, 0.3) is 6.08 Å². The summed E-state index contributed by atoms with van der Waals surface area (Å²) >= 11 is 0. The Morgan fingerprint density at radius 3 is 2.73 bits per heavy atom. The summed E-state index contributed by atoms with van der Waals surface area (Å²) in [5.41, 5.74) is 7.63. The number of aldehydes is 1. The first-order valence-corrected chi connectivity index (χ1v) is 3.25. The van der Waals surface area contributed by atoms with Gasteiger partial charge >= 0.3 is 0 Å². The maximum Gasteiger partial charge on any atom is 0.150 e. The summed E-state index contributed by atoms with van der Waals surface area (Å²) in [6.45, 7) is 3.57.